The number of aryl methyl sites for hydroxylation is 1. The Hall–Kier alpha value is -3.66. The summed E-state index contributed by atoms with van der Waals surface area (Å²) in [4.78, 5) is 38.0. The maximum atomic E-state index is 13.0. The fraction of sp³-hybridized carbons (Fsp3) is 0.238. The van der Waals surface area contributed by atoms with Crippen LogP contribution in [0.3, 0.4) is 0 Å². The van der Waals surface area contributed by atoms with E-state index in [4.69, 9.17) is 0 Å². The van der Waals surface area contributed by atoms with E-state index in [1.54, 1.807) is 19.1 Å². The first kappa shape index (κ1) is 20.6. The molecule has 3 aromatic rings. The van der Waals surface area contributed by atoms with Crippen LogP contribution in [0.2, 0.25) is 0 Å². The molecule has 158 valence electrons. The Balaban J connectivity index is 1.49. The Morgan fingerprint density at radius 3 is 2.71 bits per heavy atom. The molecule has 1 saturated heterocycles. The van der Waals surface area contributed by atoms with Crippen molar-refractivity contribution in [2.75, 3.05) is 11.9 Å². The molecule has 0 bridgehead atoms. The molecule has 0 aliphatic carbocycles. The van der Waals surface area contributed by atoms with Crippen molar-refractivity contribution < 1.29 is 14.5 Å². The van der Waals surface area contributed by atoms with Gasteiger partial charge in [0.05, 0.1) is 4.92 Å². The number of nitrogens with zero attached hydrogens (tertiary/aromatic N) is 4. The molecule has 10 heteroatoms. The van der Waals surface area contributed by atoms with Gasteiger partial charge in [0.25, 0.3) is 11.6 Å². The number of nitro groups is 1. The number of amides is 2. The van der Waals surface area contributed by atoms with Crippen LogP contribution in [0.1, 0.15) is 28.8 Å². The molecule has 1 fully saturated rings. The summed E-state index contributed by atoms with van der Waals surface area (Å²) in [5.41, 5.74) is 1.45. The van der Waals surface area contributed by atoms with E-state index in [0.717, 1.165) is 5.56 Å². The number of aromatic nitrogens is 2. The second kappa shape index (κ2) is 8.60. The van der Waals surface area contributed by atoms with Gasteiger partial charge in [-0.2, -0.15) is 0 Å². The van der Waals surface area contributed by atoms with Crippen LogP contribution in [-0.2, 0) is 4.79 Å². The predicted octanol–water partition coefficient (Wildman–Crippen LogP) is 3.67. The lowest BCUT2D eigenvalue weighted by Crippen LogP contribution is -2.43. The van der Waals surface area contributed by atoms with Crippen LogP contribution < -0.4 is 5.32 Å². The summed E-state index contributed by atoms with van der Waals surface area (Å²) in [5, 5.41) is 23.1. The molecule has 2 aromatic carbocycles. The zero-order valence-electron chi connectivity index (χ0n) is 16.6. The average molecular weight is 437 g/mol. The van der Waals surface area contributed by atoms with Gasteiger partial charge >= 0.3 is 0 Å². The molecule has 4 rings (SSSR count). The Labute approximate surface area is 181 Å². The molecular formula is C21H19N5O4S. The first-order valence-electron chi connectivity index (χ1n) is 9.70. The van der Waals surface area contributed by atoms with Crippen molar-refractivity contribution in [1.82, 2.24) is 15.1 Å². The van der Waals surface area contributed by atoms with Gasteiger partial charge in [0.1, 0.15) is 11.0 Å². The number of carbonyl (C=O) groups is 2. The highest BCUT2D eigenvalue weighted by Gasteiger charge is 2.35. The summed E-state index contributed by atoms with van der Waals surface area (Å²) in [7, 11) is 0. The van der Waals surface area contributed by atoms with E-state index in [2.05, 4.69) is 15.5 Å². The van der Waals surface area contributed by atoms with Crippen molar-refractivity contribution >= 4 is 34.0 Å². The highest BCUT2D eigenvalue weighted by molar-refractivity contribution is 7.18. The third kappa shape index (κ3) is 4.29. The monoisotopic (exact) mass is 437 g/mol. The van der Waals surface area contributed by atoms with E-state index in [0.29, 0.717) is 35.1 Å². The standard InChI is InChI=1S/C21H19N5O4S/c1-13-9-10-15(12-17(13)26(29)30)20(28)25-11-5-8-16(25)18(27)22-21-24-23-19(31-21)14-6-3-2-4-7-14/h2-4,6-7,9-10,12,16H,5,8,11H2,1H3,(H,22,24,27). The number of carbonyl (C=O) groups excluding carboxylic acids is 2. The quantitative estimate of drug-likeness (QED) is 0.481. The average Bonchev–Trinajstić information content (AvgIpc) is 3.44. The number of nitro benzene ring substituents is 1. The van der Waals surface area contributed by atoms with Crippen molar-refractivity contribution in [2.24, 2.45) is 0 Å². The van der Waals surface area contributed by atoms with Crippen LogP contribution in [0.25, 0.3) is 10.6 Å². The summed E-state index contributed by atoms with van der Waals surface area (Å²) in [6.45, 7) is 2.02. The first-order valence-corrected chi connectivity index (χ1v) is 10.5. The maximum absolute atomic E-state index is 13.0. The van der Waals surface area contributed by atoms with Gasteiger partial charge in [-0.15, -0.1) is 10.2 Å². The molecule has 0 spiro atoms. The largest absolute Gasteiger partial charge is 0.327 e. The molecule has 9 nitrogen and oxygen atoms in total. The summed E-state index contributed by atoms with van der Waals surface area (Å²) in [6, 6.07) is 13.2. The highest BCUT2D eigenvalue weighted by Crippen LogP contribution is 2.28. The molecule has 2 amide bonds. The molecule has 1 atom stereocenters. The lowest BCUT2D eigenvalue weighted by molar-refractivity contribution is -0.385. The highest BCUT2D eigenvalue weighted by atomic mass is 32.1. The van der Waals surface area contributed by atoms with E-state index < -0.39 is 16.9 Å². The maximum Gasteiger partial charge on any atom is 0.273 e. The van der Waals surface area contributed by atoms with Crippen molar-refractivity contribution in [3.63, 3.8) is 0 Å². The van der Waals surface area contributed by atoms with Gasteiger partial charge in [0.2, 0.25) is 11.0 Å². The third-order valence-corrected chi connectivity index (χ3v) is 6.03. The van der Waals surface area contributed by atoms with Gasteiger partial charge in [0.15, 0.2) is 0 Å². The van der Waals surface area contributed by atoms with Crippen molar-refractivity contribution in [2.45, 2.75) is 25.8 Å². The molecular weight excluding hydrogens is 418 g/mol. The van der Waals surface area contributed by atoms with Crippen LogP contribution in [0.15, 0.2) is 48.5 Å². The number of hydrogen-bond acceptors (Lipinski definition) is 7. The van der Waals surface area contributed by atoms with Gasteiger partial charge in [0, 0.05) is 29.3 Å². The van der Waals surface area contributed by atoms with E-state index in [1.807, 2.05) is 30.3 Å². The Kier molecular flexibility index (Phi) is 5.72. The number of hydrogen-bond donors (Lipinski definition) is 1. The van der Waals surface area contributed by atoms with E-state index >= 15 is 0 Å². The Morgan fingerprint density at radius 1 is 1.19 bits per heavy atom. The predicted molar refractivity (Wildman–Crippen MR) is 116 cm³/mol. The van der Waals surface area contributed by atoms with Crippen LogP contribution in [0, 0.1) is 17.0 Å². The van der Waals surface area contributed by atoms with E-state index in [1.165, 1.54) is 22.3 Å². The summed E-state index contributed by atoms with van der Waals surface area (Å²) in [5.74, 6) is -0.744. The van der Waals surface area contributed by atoms with Gasteiger partial charge in [-0.1, -0.05) is 47.7 Å². The van der Waals surface area contributed by atoms with E-state index in [-0.39, 0.29) is 17.2 Å². The third-order valence-electron chi connectivity index (χ3n) is 5.14. The smallest absolute Gasteiger partial charge is 0.273 e. The number of likely N-dealkylation sites (tertiary alicyclic amines) is 1. The zero-order chi connectivity index (χ0) is 22.0. The van der Waals surface area contributed by atoms with Gasteiger partial charge in [-0.25, -0.2) is 0 Å². The molecule has 31 heavy (non-hydrogen) atoms. The van der Waals surface area contributed by atoms with Crippen molar-refractivity contribution in [3.05, 3.63) is 69.8 Å². The van der Waals surface area contributed by atoms with E-state index in [9.17, 15) is 19.7 Å². The number of nitrogens with one attached hydrogen (secondary N) is 1. The summed E-state index contributed by atoms with van der Waals surface area (Å²) in [6.07, 6.45) is 1.18. The van der Waals surface area contributed by atoms with Gasteiger partial charge in [-0.3, -0.25) is 25.0 Å². The zero-order valence-corrected chi connectivity index (χ0v) is 17.5. The second-order valence-corrected chi connectivity index (χ2v) is 8.16. The Bertz CT molecular complexity index is 1150. The molecule has 1 N–H and O–H groups in total. The summed E-state index contributed by atoms with van der Waals surface area (Å²) < 4.78 is 0. The number of rotatable bonds is 5. The molecule has 2 heterocycles. The number of benzene rings is 2. The normalized spacial score (nSPS) is 15.6. The fourth-order valence-electron chi connectivity index (χ4n) is 3.55. The van der Waals surface area contributed by atoms with Crippen LogP contribution >= 0.6 is 11.3 Å². The topological polar surface area (TPSA) is 118 Å². The Morgan fingerprint density at radius 2 is 1.97 bits per heavy atom. The van der Waals surface area contributed by atoms with Gasteiger partial charge in [-0.05, 0) is 25.8 Å². The first-order chi connectivity index (χ1) is 14.9. The molecule has 1 aromatic heterocycles. The minimum Gasteiger partial charge on any atom is -0.327 e. The molecule has 1 unspecified atom stereocenters. The minimum absolute atomic E-state index is 0.117. The molecule has 0 saturated carbocycles. The molecule has 1 aliphatic rings. The number of anilines is 1. The lowest BCUT2D eigenvalue weighted by Gasteiger charge is -2.23. The molecule has 1 aliphatic heterocycles. The van der Waals surface area contributed by atoms with Crippen LogP contribution in [0.4, 0.5) is 10.8 Å². The molecule has 0 radical (unpaired) electrons. The SMILES string of the molecule is Cc1ccc(C(=O)N2CCCC2C(=O)Nc2nnc(-c3ccccc3)s2)cc1[N+](=O)[O-]. The van der Waals surface area contributed by atoms with Crippen LogP contribution in [0.5, 0.6) is 0 Å². The fourth-order valence-corrected chi connectivity index (χ4v) is 4.30. The minimum atomic E-state index is -0.670. The van der Waals surface area contributed by atoms with Gasteiger partial charge < -0.3 is 4.90 Å². The second-order valence-electron chi connectivity index (χ2n) is 7.18. The lowest BCUT2D eigenvalue weighted by atomic mass is 10.1. The van der Waals surface area contributed by atoms with Crippen molar-refractivity contribution in [1.29, 1.82) is 0 Å². The van der Waals surface area contributed by atoms with Crippen molar-refractivity contribution in [3.8, 4) is 10.6 Å². The van der Waals surface area contributed by atoms with Crippen LogP contribution in [-0.4, -0.2) is 44.4 Å². The summed E-state index contributed by atoms with van der Waals surface area (Å²) >= 11 is 1.25.